The molecule has 6 rings (SSSR count). The van der Waals surface area contributed by atoms with Gasteiger partial charge in [-0.25, -0.2) is 4.99 Å². The first-order valence-corrected chi connectivity index (χ1v) is 17.3. The fourth-order valence-electron chi connectivity index (χ4n) is 7.22. The van der Waals surface area contributed by atoms with Crippen LogP contribution in [0.25, 0.3) is 11.1 Å². The lowest BCUT2D eigenvalue weighted by molar-refractivity contribution is -0.114. The maximum Gasteiger partial charge on any atom is 0.275 e. The second-order valence-corrected chi connectivity index (χ2v) is 12.9. The molecule has 260 valence electrons. The Morgan fingerprint density at radius 1 is 1.02 bits per heavy atom. The molecule has 2 fully saturated rings. The Bertz CT molecular complexity index is 1680. The summed E-state index contributed by atoms with van der Waals surface area (Å²) in [6.07, 6.45) is 5.22. The van der Waals surface area contributed by atoms with E-state index in [2.05, 4.69) is 57.4 Å². The van der Waals surface area contributed by atoms with Crippen LogP contribution in [0.5, 0.6) is 0 Å². The highest BCUT2D eigenvalue weighted by Gasteiger charge is 2.31. The second-order valence-electron chi connectivity index (χ2n) is 12.9. The minimum Gasteiger partial charge on any atom is -0.498 e. The van der Waals surface area contributed by atoms with Crippen LogP contribution in [-0.4, -0.2) is 101 Å². The number of rotatable bonds is 11. The van der Waals surface area contributed by atoms with Crippen LogP contribution < -0.4 is 10.2 Å². The van der Waals surface area contributed by atoms with Gasteiger partial charge in [-0.3, -0.25) is 14.5 Å². The van der Waals surface area contributed by atoms with Gasteiger partial charge < -0.3 is 29.2 Å². The molecule has 1 aliphatic carbocycles. The van der Waals surface area contributed by atoms with Crippen LogP contribution in [-0.2, 0) is 30.3 Å². The highest BCUT2D eigenvalue weighted by atomic mass is 16.5. The monoisotopic (exact) mass is 668 g/mol. The Hall–Kier alpha value is -4.09. The highest BCUT2D eigenvalue weighted by Crippen LogP contribution is 2.35. The van der Waals surface area contributed by atoms with Gasteiger partial charge in [-0.2, -0.15) is 0 Å². The average molecular weight is 669 g/mol. The fourth-order valence-corrected chi connectivity index (χ4v) is 7.22. The summed E-state index contributed by atoms with van der Waals surface area (Å²) in [4.78, 5) is 36.5. The van der Waals surface area contributed by atoms with Crippen LogP contribution in [0.1, 0.15) is 48.2 Å². The van der Waals surface area contributed by atoms with E-state index in [0.717, 1.165) is 93.4 Å². The largest absolute Gasteiger partial charge is 0.498 e. The lowest BCUT2D eigenvalue weighted by Gasteiger charge is -2.37. The zero-order valence-corrected chi connectivity index (χ0v) is 29.3. The summed E-state index contributed by atoms with van der Waals surface area (Å²) >= 11 is 0. The summed E-state index contributed by atoms with van der Waals surface area (Å²) in [7, 11) is 3.19. The van der Waals surface area contributed by atoms with Gasteiger partial charge in [-0.15, -0.1) is 0 Å². The number of nitrogens with one attached hydrogen (secondary N) is 1. The van der Waals surface area contributed by atoms with Gasteiger partial charge in [0, 0.05) is 87.2 Å². The molecular formula is C39H48N4O6. The number of fused-ring (bicyclic) bond motifs is 1. The van der Waals surface area contributed by atoms with E-state index >= 15 is 0 Å². The quantitative estimate of drug-likeness (QED) is 0.357. The number of carbonyl (C=O) groups is 2. The summed E-state index contributed by atoms with van der Waals surface area (Å²) in [6.45, 7) is 12.6. The first-order valence-electron chi connectivity index (χ1n) is 17.3. The van der Waals surface area contributed by atoms with E-state index in [9.17, 15) is 9.59 Å². The molecule has 3 heterocycles. The zero-order chi connectivity index (χ0) is 34.5. The maximum atomic E-state index is 14.1. The van der Waals surface area contributed by atoms with E-state index in [1.807, 2.05) is 25.1 Å². The number of morpholine rings is 1. The van der Waals surface area contributed by atoms with E-state index in [1.165, 1.54) is 5.56 Å². The number of anilines is 1. The molecule has 0 radical (unpaired) electrons. The number of nitrogens with zero attached hydrogens (tertiary/aromatic N) is 3. The number of methoxy groups -OCH3 is 2. The Morgan fingerprint density at radius 3 is 2.41 bits per heavy atom. The number of dihydropyridines is 1. The van der Waals surface area contributed by atoms with Gasteiger partial charge in [0.25, 0.3) is 11.8 Å². The molecule has 2 aromatic carbocycles. The van der Waals surface area contributed by atoms with Gasteiger partial charge in [-0.1, -0.05) is 24.3 Å². The summed E-state index contributed by atoms with van der Waals surface area (Å²) in [5.41, 5.74) is 8.32. The van der Waals surface area contributed by atoms with E-state index in [1.54, 1.807) is 21.1 Å². The first-order chi connectivity index (χ1) is 23.8. The minimum atomic E-state index is -0.382. The molecule has 1 atom stereocenters. The third kappa shape index (κ3) is 7.57. The molecule has 4 aliphatic rings. The number of benzene rings is 2. The van der Waals surface area contributed by atoms with Crippen LogP contribution in [0.2, 0.25) is 0 Å². The van der Waals surface area contributed by atoms with E-state index in [0.29, 0.717) is 34.2 Å². The van der Waals surface area contributed by atoms with Gasteiger partial charge in [-0.05, 0) is 85.7 Å². The number of allylic oxidation sites excluding steroid dienone is 3. The van der Waals surface area contributed by atoms with Crippen molar-refractivity contribution in [3.63, 3.8) is 0 Å². The molecule has 10 nitrogen and oxygen atoms in total. The Kier molecular flexibility index (Phi) is 11.1. The van der Waals surface area contributed by atoms with Crippen LogP contribution in [0.4, 0.5) is 5.69 Å². The highest BCUT2D eigenvalue weighted by molar-refractivity contribution is 6.17. The van der Waals surface area contributed by atoms with Crippen molar-refractivity contribution in [1.82, 2.24) is 10.2 Å². The normalized spacial score (nSPS) is 20.3. The predicted octanol–water partition coefficient (Wildman–Crippen LogP) is 5.01. The molecule has 10 heteroatoms. The molecule has 0 aromatic heterocycles. The van der Waals surface area contributed by atoms with E-state index < -0.39 is 0 Å². The molecule has 2 amide bonds. The third-order valence-corrected chi connectivity index (χ3v) is 10.0. The van der Waals surface area contributed by atoms with Crippen molar-refractivity contribution in [3.8, 4) is 11.1 Å². The van der Waals surface area contributed by atoms with Crippen molar-refractivity contribution in [1.29, 1.82) is 0 Å². The third-order valence-electron chi connectivity index (χ3n) is 10.0. The summed E-state index contributed by atoms with van der Waals surface area (Å²) in [5.74, 6) is -0.0242. The lowest BCUT2D eigenvalue weighted by atomic mass is 9.87. The second kappa shape index (κ2) is 15.6. The number of hydrogen-bond acceptors (Lipinski definition) is 8. The molecule has 3 aliphatic heterocycles. The Balaban J connectivity index is 1.32. The molecular weight excluding hydrogens is 620 g/mol. The summed E-state index contributed by atoms with van der Waals surface area (Å²) in [5, 5.41) is 3.07. The van der Waals surface area contributed by atoms with Crippen molar-refractivity contribution in [2.24, 2.45) is 4.99 Å². The lowest BCUT2D eigenvalue weighted by Crippen LogP contribution is -2.40. The number of hydrogen-bond donors (Lipinski definition) is 1. The Morgan fingerprint density at radius 2 is 1.73 bits per heavy atom. The molecule has 0 spiro atoms. The molecule has 0 saturated carbocycles. The number of ether oxygens (including phenoxy) is 4. The fraction of sp³-hybridized carbons (Fsp3) is 0.462. The SMILES string of the molecule is CCN(c1cc(-c2ccc(CN3CCOCC3)cc2)cc(C(=O)NCC2=C3C=C(OC)C(OC)C=C3C(C)=NC2=O)c1C)C1CCOCC1. The minimum absolute atomic E-state index is 0.0267. The van der Waals surface area contributed by atoms with Crippen molar-refractivity contribution in [3.05, 3.63) is 87.7 Å². The van der Waals surface area contributed by atoms with E-state index in [-0.39, 0.29) is 24.5 Å². The smallest absolute Gasteiger partial charge is 0.275 e. The first kappa shape index (κ1) is 34.8. The van der Waals surface area contributed by atoms with Crippen LogP contribution >= 0.6 is 0 Å². The standard InChI is InChI=1S/C39H48N4O6/c1-6-43(30-11-15-48-16-12-30)35-20-29(28-9-7-27(8-10-28)24-42-13-17-49-18-14-42)19-31(25(35)2)38(44)40-23-34-33-22-37(47-5)36(46-4)21-32(33)26(3)41-39(34)45/h7-10,19-22,30,36H,6,11-18,23-24H2,1-5H3,(H,40,44). The van der Waals surface area contributed by atoms with Crippen LogP contribution in [0, 0.1) is 6.92 Å². The molecule has 0 bridgehead atoms. The number of aliphatic imine (C=N–C) groups is 1. The molecule has 2 aromatic rings. The van der Waals surface area contributed by atoms with Gasteiger partial charge in [0.2, 0.25) is 0 Å². The zero-order valence-electron chi connectivity index (χ0n) is 29.3. The Labute approximate surface area is 289 Å². The van der Waals surface area contributed by atoms with Crippen molar-refractivity contribution < 1.29 is 28.5 Å². The van der Waals surface area contributed by atoms with Crippen molar-refractivity contribution >= 4 is 23.2 Å². The molecule has 1 unspecified atom stereocenters. The van der Waals surface area contributed by atoms with Gasteiger partial charge in [0.05, 0.1) is 20.3 Å². The van der Waals surface area contributed by atoms with Crippen molar-refractivity contribution in [2.45, 2.75) is 52.3 Å². The van der Waals surface area contributed by atoms with Crippen molar-refractivity contribution in [2.75, 3.05) is 71.7 Å². The molecule has 1 N–H and O–H groups in total. The maximum absolute atomic E-state index is 14.1. The summed E-state index contributed by atoms with van der Waals surface area (Å²) < 4.78 is 22.3. The van der Waals surface area contributed by atoms with Crippen LogP contribution in [0.15, 0.2) is 76.0 Å². The van der Waals surface area contributed by atoms with Gasteiger partial charge in [0.15, 0.2) is 0 Å². The molecule has 49 heavy (non-hydrogen) atoms. The number of amides is 2. The van der Waals surface area contributed by atoms with Gasteiger partial charge >= 0.3 is 0 Å². The van der Waals surface area contributed by atoms with Crippen LogP contribution in [0.3, 0.4) is 0 Å². The average Bonchev–Trinajstić information content (AvgIpc) is 3.13. The van der Waals surface area contributed by atoms with E-state index in [4.69, 9.17) is 18.9 Å². The predicted molar refractivity (Wildman–Crippen MR) is 191 cm³/mol. The number of carbonyl (C=O) groups excluding carboxylic acids is 2. The summed E-state index contributed by atoms with van der Waals surface area (Å²) in [6, 6.07) is 13.2. The topological polar surface area (TPSA) is 102 Å². The van der Waals surface area contributed by atoms with Gasteiger partial charge in [0.1, 0.15) is 11.9 Å². The molecule has 2 saturated heterocycles.